The number of fused-ring (bicyclic) bond motifs is 1. The van der Waals surface area contributed by atoms with Crippen molar-refractivity contribution in [2.24, 2.45) is 0 Å². The third-order valence-corrected chi connectivity index (χ3v) is 5.28. The van der Waals surface area contributed by atoms with Crippen LogP contribution < -0.4 is 5.32 Å². The number of hydrogen-bond acceptors (Lipinski definition) is 1. The summed E-state index contributed by atoms with van der Waals surface area (Å²) >= 11 is 0. The van der Waals surface area contributed by atoms with Crippen LogP contribution in [0.3, 0.4) is 0 Å². The van der Waals surface area contributed by atoms with Crippen molar-refractivity contribution in [3.8, 4) is 22.3 Å². The summed E-state index contributed by atoms with van der Waals surface area (Å²) in [5.74, 6) is 0. The van der Waals surface area contributed by atoms with Crippen molar-refractivity contribution in [3.05, 3.63) is 121 Å². The first-order valence-corrected chi connectivity index (χ1v) is 9.89. The summed E-state index contributed by atoms with van der Waals surface area (Å²) in [4.78, 5) is 0. The van der Waals surface area contributed by atoms with Gasteiger partial charge in [0.25, 0.3) is 0 Å². The smallest absolute Gasteiger partial charge is 0.0543 e. The van der Waals surface area contributed by atoms with Crippen LogP contribution in [0.1, 0.15) is 0 Å². The fourth-order valence-electron chi connectivity index (χ4n) is 3.87. The lowest BCUT2D eigenvalue weighted by Crippen LogP contribution is -1.97. The topological polar surface area (TPSA) is 12.0 Å². The van der Waals surface area contributed by atoms with Crippen LogP contribution in [-0.4, -0.2) is 0 Å². The van der Waals surface area contributed by atoms with Crippen LogP contribution in [0.4, 0.5) is 11.4 Å². The first kappa shape index (κ1) is 17.3. The van der Waals surface area contributed by atoms with E-state index < -0.39 is 0 Å². The van der Waals surface area contributed by atoms with Crippen LogP contribution in [0, 0.1) is 0 Å². The molecule has 0 aliphatic rings. The minimum Gasteiger partial charge on any atom is -0.354 e. The average molecular weight is 371 g/mol. The van der Waals surface area contributed by atoms with Crippen molar-refractivity contribution in [1.82, 2.24) is 0 Å². The molecule has 29 heavy (non-hydrogen) atoms. The third kappa shape index (κ3) is 3.39. The molecule has 138 valence electrons. The number of anilines is 2. The lowest BCUT2D eigenvalue weighted by atomic mass is 9.95. The van der Waals surface area contributed by atoms with Crippen molar-refractivity contribution in [2.45, 2.75) is 0 Å². The Balaban J connectivity index is 1.73. The molecule has 0 atom stereocenters. The molecule has 0 fully saturated rings. The molecule has 0 bridgehead atoms. The number of nitrogens with one attached hydrogen (secondary N) is 1. The minimum absolute atomic E-state index is 1.11. The van der Waals surface area contributed by atoms with Gasteiger partial charge in [0.05, 0.1) is 5.69 Å². The van der Waals surface area contributed by atoms with E-state index in [1.165, 1.54) is 33.0 Å². The van der Waals surface area contributed by atoms with Crippen LogP contribution in [0.15, 0.2) is 121 Å². The van der Waals surface area contributed by atoms with Gasteiger partial charge in [-0.2, -0.15) is 0 Å². The number of rotatable bonds is 4. The second kappa shape index (κ2) is 7.65. The van der Waals surface area contributed by atoms with E-state index in [2.05, 4.69) is 127 Å². The van der Waals surface area contributed by atoms with Gasteiger partial charge in [0.15, 0.2) is 0 Å². The van der Waals surface area contributed by atoms with Gasteiger partial charge in [0, 0.05) is 22.2 Å². The molecule has 0 aliphatic carbocycles. The van der Waals surface area contributed by atoms with Gasteiger partial charge < -0.3 is 5.32 Å². The van der Waals surface area contributed by atoms with E-state index in [1.807, 2.05) is 0 Å². The molecule has 1 nitrogen and oxygen atoms in total. The summed E-state index contributed by atoms with van der Waals surface area (Å²) in [6.45, 7) is 0. The Labute approximate surface area is 171 Å². The quantitative estimate of drug-likeness (QED) is 0.338. The van der Waals surface area contributed by atoms with Crippen LogP contribution >= 0.6 is 0 Å². The highest BCUT2D eigenvalue weighted by Gasteiger charge is 2.13. The molecule has 0 unspecified atom stereocenters. The van der Waals surface area contributed by atoms with Crippen molar-refractivity contribution < 1.29 is 0 Å². The summed E-state index contributed by atoms with van der Waals surface area (Å²) in [6.07, 6.45) is 0. The van der Waals surface area contributed by atoms with Gasteiger partial charge >= 0.3 is 0 Å². The van der Waals surface area contributed by atoms with Gasteiger partial charge in [0.1, 0.15) is 0 Å². The fourth-order valence-corrected chi connectivity index (χ4v) is 3.87. The van der Waals surface area contributed by atoms with Gasteiger partial charge in [-0.3, -0.25) is 0 Å². The Bertz CT molecular complexity index is 1190. The van der Waals surface area contributed by atoms with E-state index in [1.54, 1.807) is 0 Å². The molecule has 5 aromatic carbocycles. The third-order valence-electron chi connectivity index (χ3n) is 5.28. The zero-order chi connectivity index (χ0) is 19.5. The number of hydrogen-bond donors (Lipinski definition) is 1. The van der Waals surface area contributed by atoms with Crippen molar-refractivity contribution in [1.29, 1.82) is 0 Å². The highest BCUT2D eigenvalue weighted by Crippen LogP contribution is 2.39. The molecular weight excluding hydrogens is 350 g/mol. The molecule has 5 aromatic rings. The minimum atomic E-state index is 1.11. The molecule has 0 radical (unpaired) electrons. The van der Waals surface area contributed by atoms with Crippen molar-refractivity contribution >= 4 is 22.1 Å². The predicted molar refractivity (Wildman–Crippen MR) is 125 cm³/mol. The van der Waals surface area contributed by atoms with Crippen molar-refractivity contribution in [3.63, 3.8) is 0 Å². The zero-order valence-electron chi connectivity index (χ0n) is 16.0. The summed E-state index contributed by atoms with van der Waals surface area (Å²) in [7, 11) is 0. The van der Waals surface area contributed by atoms with Gasteiger partial charge in [-0.15, -0.1) is 0 Å². The molecule has 0 amide bonds. The van der Waals surface area contributed by atoms with E-state index in [-0.39, 0.29) is 0 Å². The van der Waals surface area contributed by atoms with Gasteiger partial charge in [0.2, 0.25) is 0 Å². The molecule has 0 aromatic heterocycles. The van der Waals surface area contributed by atoms with Crippen LogP contribution in [0.2, 0.25) is 0 Å². The van der Waals surface area contributed by atoms with E-state index >= 15 is 0 Å². The summed E-state index contributed by atoms with van der Waals surface area (Å²) < 4.78 is 0. The van der Waals surface area contributed by atoms with Crippen LogP contribution in [-0.2, 0) is 0 Å². The average Bonchev–Trinajstić information content (AvgIpc) is 2.81. The lowest BCUT2D eigenvalue weighted by molar-refractivity contribution is 1.53. The predicted octanol–water partition coefficient (Wildman–Crippen LogP) is 7.92. The molecule has 1 N–H and O–H groups in total. The first-order valence-electron chi connectivity index (χ1n) is 9.89. The molecule has 0 heterocycles. The Morgan fingerprint density at radius 2 is 0.931 bits per heavy atom. The SMILES string of the molecule is c1ccc(-c2cccc(-c3ccccc3)c2Nc2cccc3ccccc23)cc1. The monoisotopic (exact) mass is 371 g/mol. The Kier molecular flexibility index (Phi) is 4.56. The summed E-state index contributed by atoms with van der Waals surface area (Å²) in [6, 6.07) is 42.6. The maximum absolute atomic E-state index is 3.78. The van der Waals surface area contributed by atoms with Crippen LogP contribution in [0.5, 0.6) is 0 Å². The maximum Gasteiger partial charge on any atom is 0.0543 e. The second-order valence-electron chi connectivity index (χ2n) is 7.11. The molecule has 1 heteroatoms. The Morgan fingerprint density at radius 3 is 1.59 bits per heavy atom. The maximum atomic E-state index is 3.78. The van der Waals surface area contributed by atoms with E-state index in [9.17, 15) is 0 Å². The van der Waals surface area contributed by atoms with Crippen LogP contribution in [0.25, 0.3) is 33.0 Å². The zero-order valence-corrected chi connectivity index (χ0v) is 16.0. The molecule has 0 saturated carbocycles. The van der Waals surface area contributed by atoms with Crippen molar-refractivity contribution in [2.75, 3.05) is 5.32 Å². The Hall–Kier alpha value is -3.84. The largest absolute Gasteiger partial charge is 0.354 e. The number of benzene rings is 5. The van der Waals surface area contributed by atoms with E-state index in [0.29, 0.717) is 0 Å². The standard InChI is InChI=1S/C28H21N/c1-3-11-22(12-4-1)25-18-10-19-26(23-13-5-2-6-14-23)28(25)29-27-20-9-16-21-15-7-8-17-24(21)27/h1-20,29H. The highest BCUT2D eigenvalue weighted by molar-refractivity contribution is 6.00. The molecule has 0 aliphatic heterocycles. The van der Waals surface area contributed by atoms with Gasteiger partial charge in [-0.05, 0) is 22.6 Å². The molecule has 0 saturated heterocycles. The Morgan fingerprint density at radius 1 is 0.414 bits per heavy atom. The van der Waals surface area contributed by atoms with E-state index in [0.717, 1.165) is 11.4 Å². The van der Waals surface area contributed by atoms with Gasteiger partial charge in [-0.1, -0.05) is 115 Å². The number of para-hydroxylation sites is 1. The fraction of sp³-hybridized carbons (Fsp3) is 0. The normalized spacial score (nSPS) is 10.8. The highest BCUT2D eigenvalue weighted by atomic mass is 14.9. The molecule has 5 rings (SSSR count). The molecule has 0 spiro atoms. The first-order chi connectivity index (χ1) is 14.4. The lowest BCUT2D eigenvalue weighted by Gasteiger charge is -2.19. The summed E-state index contributed by atoms with van der Waals surface area (Å²) in [5, 5.41) is 6.23. The molecular formula is C28H21N. The summed E-state index contributed by atoms with van der Waals surface area (Å²) in [5.41, 5.74) is 7.03. The second-order valence-corrected chi connectivity index (χ2v) is 7.11. The van der Waals surface area contributed by atoms with Gasteiger partial charge in [-0.25, -0.2) is 0 Å². The van der Waals surface area contributed by atoms with E-state index in [4.69, 9.17) is 0 Å².